The van der Waals surface area contributed by atoms with E-state index >= 15 is 0 Å². The zero-order valence-corrected chi connectivity index (χ0v) is 21.2. The molecule has 0 radical (unpaired) electrons. The van der Waals surface area contributed by atoms with Crippen molar-refractivity contribution in [3.63, 3.8) is 0 Å². The fourth-order valence-corrected chi connectivity index (χ4v) is 4.64. The molecule has 0 saturated carbocycles. The Kier molecular flexibility index (Phi) is 6.52. The van der Waals surface area contributed by atoms with Crippen LogP contribution in [-0.2, 0) is 9.53 Å². The molecule has 5 rings (SSSR count). The van der Waals surface area contributed by atoms with E-state index in [9.17, 15) is 4.79 Å². The minimum absolute atomic E-state index is 0.203. The molecular formula is C28H20Br2N2O2. The Morgan fingerprint density at radius 2 is 1.18 bits per heavy atom. The number of hydrogen-bond acceptors (Lipinski definition) is 3. The minimum Gasteiger partial charge on any atom is -0.462 e. The van der Waals surface area contributed by atoms with Crippen LogP contribution in [0.1, 0.15) is 17.4 Å². The largest absolute Gasteiger partial charge is 0.462 e. The van der Waals surface area contributed by atoms with Crippen LogP contribution < -0.4 is 5.01 Å². The molecule has 0 N–H and O–H groups in total. The van der Waals surface area contributed by atoms with Crippen molar-refractivity contribution in [3.05, 3.63) is 135 Å². The van der Waals surface area contributed by atoms with Crippen LogP contribution in [0.25, 0.3) is 5.76 Å². The summed E-state index contributed by atoms with van der Waals surface area (Å²) in [4.78, 5) is 14.0. The van der Waals surface area contributed by atoms with Crippen molar-refractivity contribution in [1.29, 1.82) is 0 Å². The Balaban J connectivity index is 1.70. The molecule has 1 heterocycles. The normalized spacial score (nSPS) is 15.8. The Morgan fingerprint density at radius 1 is 0.676 bits per heavy atom. The van der Waals surface area contributed by atoms with Gasteiger partial charge in [-0.05, 0) is 52.3 Å². The molecular weight excluding hydrogens is 556 g/mol. The van der Waals surface area contributed by atoms with Gasteiger partial charge in [0.05, 0.1) is 11.4 Å². The molecule has 4 nitrogen and oxygen atoms in total. The van der Waals surface area contributed by atoms with Gasteiger partial charge >= 0.3 is 0 Å². The lowest BCUT2D eigenvalue weighted by atomic mass is 10.1. The molecule has 0 fully saturated rings. The highest BCUT2D eigenvalue weighted by Gasteiger charge is 2.41. The third-order valence-corrected chi connectivity index (χ3v) is 6.68. The van der Waals surface area contributed by atoms with Crippen molar-refractivity contribution in [3.8, 4) is 0 Å². The number of rotatable bonds is 5. The quantitative estimate of drug-likeness (QED) is 0.243. The number of nitrogens with zero attached hydrogens (tertiary/aromatic N) is 2. The maximum Gasteiger partial charge on any atom is 0.287 e. The first kappa shape index (κ1) is 22.4. The minimum atomic E-state index is -0.686. The van der Waals surface area contributed by atoms with E-state index in [0.29, 0.717) is 10.2 Å². The van der Waals surface area contributed by atoms with Crippen molar-refractivity contribution >= 4 is 54.9 Å². The lowest BCUT2D eigenvalue weighted by molar-refractivity contribution is -0.139. The van der Waals surface area contributed by atoms with Crippen molar-refractivity contribution in [2.45, 2.75) is 6.23 Å². The lowest BCUT2D eigenvalue weighted by Crippen LogP contribution is -2.49. The third-order valence-electron chi connectivity index (χ3n) is 5.45. The zero-order chi connectivity index (χ0) is 23.5. The van der Waals surface area contributed by atoms with Gasteiger partial charge in [0.1, 0.15) is 10.2 Å². The van der Waals surface area contributed by atoms with Gasteiger partial charge in [0.15, 0.2) is 0 Å². The second-order valence-corrected chi connectivity index (χ2v) is 9.37. The van der Waals surface area contributed by atoms with E-state index in [0.717, 1.165) is 27.0 Å². The van der Waals surface area contributed by atoms with Gasteiger partial charge in [-0.1, -0.05) is 94.8 Å². The topological polar surface area (TPSA) is 32.8 Å². The molecule has 34 heavy (non-hydrogen) atoms. The maximum atomic E-state index is 14.0. The predicted molar refractivity (Wildman–Crippen MR) is 142 cm³/mol. The highest BCUT2D eigenvalue weighted by Crippen LogP contribution is 2.43. The second kappa shape index (κ2) is 9.87. The Hall–Kier alpha value is -3.35. The van der Waals surface area contributed by atoms with Crippen LogP contribution in [-0.4, -0.2) is 10.9 Å². The fourth-order valence-electron chi connectivity index (χ4n) is 3.87. The van der Waals surface area contributed by atoms with E-state index in [1.807, 2.05) is 120 Å². The van der Waals surface area contributed by atoms with E-state index in [2.05, 4.69) is 31.9 Å². The van der Waals surface area contributed by atoms with Crippen molar-refractivity contribution < 1.29 is 9.53 Å². The van der Waals surface area contributed by atoms with Gasteiger partial charge in [0.25, 0.3) is 5.91 Å². The highest BCUT2D eigenvalue weighted by molar-refractivity contribution is 9.12. The fraction of sp³-hybridized carbons (Fsp3) is 0.0357. The molecule has 1 aliphatic rings. The van der Waals surface area contributed by atoms with Gasteiger partial charge < -0.3 is 4.74 Å². The number of amides is 1. The summed E-state index contributed by atoms with van der Waals surface area (Å²) in [7, 11) is 0. The van der Waals surface area contributed by atoms with Crippen LogP contribution >= 0.6 is 31.9 Å². The predicted octanol–water partition coefficient (Wildman–Crippen LogP) is 7.82. The van der Waals surface area contributed by atoms with E-state index in [-0.39, 0.29) is 5.91 Å². The third kappa shape index (κ3) is 4.39. The van der Waals surface area contributed by atoms with Gasteiger partial charge in [0.2, 0.25) is 6.23 Å². The Bertz CT molecular complexity index is 1270. The summed E-state index contributed by atoms with van der Waals surface area (Å²) in [6.45, 7) is 0. The molecule has 0 aliphatic carbocycles. The van der Waals surface area contributed by atoms with E-state index in [4.69, 9.17) is 4.74 Å². The molecule has 0 bridgehead atoms. The van der Waals surface area contributed by atoms with E-state index < -0.39 is 6.23 Å². The molecule has 0 spiro atoms. The molecule has 6 heteroatoms. The van der Waals surface area contributed by atoms with Gasteiger partial charge in [0, 0.05) is 15.6 Å². The number of benzene rings is 4. The SMILES string of the molecule is O=C1C(Br)=C(c2ccc(Br)cc2)OC(c2ccccc2)N1N(c1ccccc1)c1ccccc1. The summed E-state index contributed by atoms with van der Waals surface area (Å²) in [5.74, 6) is 0.300. The van der Waals surface area contributed by atoms with Gasteiger partial charge in [-0.2, -0.15) is 0 Å². The number of para-hydroxylation sites is 2. The molecule has 1 amide bonds. The molecule has 0 aromatic heterocycles. The van der Waals surface area contributed by atoms with Gasteiger partial charge in [-0.3, -0.25) is 4.79 Å². The van der Waals surface area contributed by atoms with Gasteiger partial charge in [-0.15, -0.1) is 0 Å². The monoisotopic (exact) mass is 574 g/mol. The number of ether oxygens (including phenoxy) is 1. The first-order valence-electron chi connectivity index (χ1n) is 10.7. The van der Waals surface area contributed by atoms with Crippen LogP contribution in [0, 0.1) is 0 Å². The molecule has 4 aromatic carbocycles. The number of carbonyl (C=O) groups excluding carboxylic acids is 1. The smallest absolute Gasteiger partial charge is 0.287 e. The van der Waals surface area contributed by atoms with Crippen LogP contribution in [0.2, 0.25) is 0 Å². The summed E-state index contributed by atoms with van der Waals surface area (Å²) in [6, 6.07) is 37.1. The number of anilines is 2. The van der Waals surface area contributed by atoms with Crippen LogP contribution in [0.3, 0.4) is 0 Å². The van der Waals surface area contributed by atoms with E-state index in [1.165, 1.54) is 0 Å². The van der Waals surface area contributed by atoms with Crippen molar-refractivity contribution in [2.24, 2.45) is 0 Å². The van der Waals surface area contributed by atoms with Gasteiger partial charge in [-0.25, -0.2) is 10.0 Å². The second-order valence-electron chi connectivity index (χ2n) is 7.66. The van der Waals surface area contributed by atoms with Crippen LogP contribution in [0.15, 0.2) is 124 Å². The summed E-state index contributed by atoms with van der Waals surface area (Å²) in [6.07, 6.45) is -0.686. The summed E-state index contributed by atoms with van der Waals surface area (Å²) in [5, 5.41) is 3.56. The molecule has 168 valence electrons. The first-order chi connectivity index (χ1) is 16.6. The van der Waals surface area contributed by atoms with Crippen molar-refractivity contribution in [1.82, 2.24) is 5.01 Å². The molecule has 4 aromatic rings. The number of hydrogen-bond donors (Lipinski definition) is 0. The number of halogens is 2. The average molecular weight is 576 g/mol. The van der Waals surface area contributed by atoms with Crippen LogP contribution in [0.4, 0.5) is 11.4 Å². The Morgan fingerprint density at radius 3 is 1.71 bits per heavy atom. The number of hydrazine groups is 1. The molecule has 1 atom stereocenters. The van der Waals surface area contributed by atoms with Crippen LogP contribution in [0.5, 0.6) is 0 Å². The standard InChI is InChI=1S/C28H20Br2N2O2/c29-22-18-16-20(17-19-22)26-25(30)27(33)32(28(34-26)21-10-4-1-5-11-21)31(23-12-6-2-7-13-23)24-14-8-3-9-15-24/h1-19,28H. The zero-order valence-electron chi connectivity index (χ0n) is 18.0. The molecule has 0 saturated heterocycles. The first-order valence-corrected chi connectivity index (χ1v) is 12.3. The molecule has 1 aliphatic heterocycles. The molecule has 1 unspecified atom stereocenters. The summed E-state index contributed by atoms with van der Waals surface area (Å²) >= 11 is 7.03. The highest BCUT2D eigenvalue weighted by atomic mass is 79.9. The van der Waals surface area contributed by atoms with E-state index in [1.54, 1.807) is 5.01 Å². The lowest BCUT2D eigenvalue weighted by Gasteiger charge is -2.44. The van der Waals surface area contributed by atoms with Crippen molar-refractivity contribution in [2.75, 3.05) is 5.01 Å². The Labute approximate surface area is 215 Å². The summed E-state index contributed by atoms with van der Waals surface area (Å²) in [5.41, 5.74) is 3.37. The number of carbonyl (C=O) groups is 1. The average Bonchev–Trinajstić information content (AvgIpc) is 2.89. The maximum absolute atomic E-state index is 14.0. The summed E-state index contributed by atoms with van der Waals surface area (Å²) < 4.78 is 7.91.